The van der Waals surface area contributed by atoms with Gasteiger partial charge in [0, 0.05) is 37.0 Å². The van der Waals surface area contributed by atoms with Crippen LogP contribution in [0.15, 0.2) is 59.5 Å². The van der Waals surface area contributed by atoms with E-state index in [0.29, 0.717) is 18.8 Å². The van der Waals surface area contributed by atoms with Gasteiger partial charge in [0.25, 0.3) is 5.91 Å². The van der Waals surface area contributed by atoms with E-state index >= 15 is 0 Å². The summed E-state index contributed by atoms with van der Waals surface area (Å²) < 4.78 is 22.3. The Balaban J connectivity index is 1.59. The Morgan fingerprint density at radius 2 is 1.90 bits per heavy atom. The summed E-state index contributed by atoms with van der Waals surface area (Å²) in [5, 5.41) is -0.0265. The predicted molar refractivity (Wildman–Crippen MR) is 149 cm³/mol. The maximum Gasteiger partial charge on any atom is 0.274 e. The van der Waals surface area contributed by atoms with Gasteiger partial charge in [-0.05, 0) is 43.9 Å². The van der Waals surface area contributed by atoms with Crippen molar-refractivity contribution in [2.45, 2.75) is 51.3 Å². The van der Waals surface area contributed by atoms with E-state index in [1.54, 1.807) is 21.6 Å². The molecule has 0 unspecified atom stereocenters. The third kappa shape index (κ3) is 4.98. The van der Waals surface area contributed by atoms with Gasteiger partial charge in [0.15, 0.2) is 17.2 Å². The highest BCUT2D eigenvalue weighted by atomic mass is 35.5. The van der Waals surface area contributed by atoms with Crippen LogP contribution in [-0.4, -0.2) is 39.6 Å². The van der Waals surface area contributed by atoms with Crippen molar-refractivity contribution in [1.29, 1.82) is 0 Å². The van der Waals surface area contributed by atoms with Gasteiger partial charge in [0.05, 0.1) is 16.1 Å². The van der Waals surface area contributed by atoms with Crippen LogP contribution in [0.4, 0.5) is 4.39 Å². The standard InChI is InChI=1S/C30H29Cl2FN2O4/c1-18(2)34-17-30(13-21(30)14-31)35-15-22(24(36)12-11-20-9-6-10-23(32)25(20)33)27(37)28(26(35)29(34)38)39-16-19-7-4-3-5-8-19/h3-10,15,18,21H,11-14,16-17H2,1-2H3/t21-,30-/m0/s1. The number of fused-ring (bicyclic) bond motifs is 2. The van der Waals surface area contributed by atoms with Gasteiger partial charge in [-0.25, -0.2) is 4.39 Å². The van der Waals surface area contributed by atoms with Crippen LogP contribution >= 0.6 is 23.2 Å². The van der Waals surface area contributed by atoms with Crippen molar-refractivity contribution < 1.29 is 18.7 Å². The molecule has 2 heterocycles. The van der Waals surface area contributed by atoms with E-state index in [1.807, 2.05) is 44.2 Å². The predicted octanol–water partition coefficient (Wildman–Crippen LogP) is 5.85. The van der Waals surface area contributed by atoms with Crippen molar-refractivity contribution in [2.75, 3.05) is 12.4 Å². The molecule has 0 N–H and O–H groups in total. The summed E-state index contributed by atoms with van der Waals surface area (Å²) in [5.74, 6) is -1.06. The van der Waals surface area contributed by atoms with Crippen LogP contribution < -0.4 is 10.2 Å². The van der Waals surface area contributed by atoms with E-state index < -0.39 is 22.6 Å². The molecule has 9 heteroatoms. The first-order valence-corrected chi connectivity index (χ1v) is 13.9. The third-order valence-corrected chi connectivity index (χ3v) is 8.41. The fourth-order valence-corrected chi connectivity index (χ4v) is 5.97. The smallest absolute Gasteiger partial charge is 0.274 e. The van der Waals surface area contributed by atoms with E-state index in [1.165, 1.54) is 12.3 Å². The van der Waals surface area contributed by atoms with Crippen LogP contribution in [0.2, 0.25) is 5.02 Å². The molecule has 2 atom stereocenters. The van der Waals surface area contributed by atoms with Crippen LogP contribution in [0.3, 0.4) is 0 Å². The number of carbonyl (C=O) groups is 2. The lowest BCUT2D eigenvalue weighted by atomic mass is 9.99. The van der Waals surface area contributed by atoms with Gasteiger partial charge in [-0.1, -0.05) is 54.1 Å². The number of hydrogen-bond donors (Lipinski definition) is 0. The highest BCUT2D eigenvalue weighted by Crippen LogP contribution is 2.54. The number of carbonyl (C=O) groups excluding carboxylic acids is 2. The number of ketones is 1. The van der Waals surface area contributed by atoms with Crippen LogP contribution in [0.1, 0.15) is 58.7 Å². The van der Waals surface area contributed by atoms with Crippen LogP contribution in [0.25, 0.3) is 0 Å². The number of Topliss-reactive ketones (excluding diaryl/α,β-unsaturated/α-hetero) is 1. The van der Waals surface area contributed by atoms with Crippen molar-refractivity contribution in [3.8, 4) is 5.75 Å². The van der Waals surface area contributed by atoms with E-state index in [9.17, 15) is 18.8 Å². The first-order chi connectivity index (χ1) is 18.7. The minimum atomic E-state index is -0.647. The number of rotatable bonds is 9. The van der Waals surface area contributed by atoms with Crippen LogP contribution in [0, 0.1) is 11.7 Å². The minimum absolute atomic E-state index is 0.0265. The van der Waals surface area contributed by atoms with Gasteiger partial charge in [-0.15, -0.1) is 11.6 Å². The van der Waals surface area contributed by atoms with Gasteiger partial charge in [-0.2, -0.15) is 0 Å². The van der Waals surface area contributed by atoms with Crippen molar-refractivity contribution in [3.63, 3.8) is 0 Å². The molecule has 0 radical (unpaired) electrons. The van der Waals surface area contributed by atoms with E-state index in [0.717, 1.165) is 5.56 Å². The summed E-state index contributed by atoms with van der Waals surface area (Å²) in [5.41, 5.74) is -0.0193. The number of ether oxygens (including phenoxy) is 1. The molecule has 1 fully saturated rings. The zero-order chi connectivity index (χ0) is 27.9. The van der Waals surface area contributed by atoms with Crippen molar-refractivity contribution in [2.24, 2.45) is 5.92 Å². The zero-order valence-electron chi connectivity index (χ0n) is 21.8. The minimum Gasteiger partial charge on any atom is -0.483 e. The Hall–Kier alpha value is -3.16. The number of pyridine rings is 1. The number of aryl methyl sites for hydroxylation is 1. The number of alkyl halides is 1. The van der Waals surface area contributed by atoms with Crippen LogP contribution in [0.5, 0.6) is 5.75 Å². The molecule has 2 aliphatic rings. The lowest BCUT2D eigenvalue weighted by Gasteiger charge is -2.40. The number of benzene rings is 2. The van der Waals surface area contributed by atoms with Gasteiger partial charge < -0.3 is 14.2 Å². The number of nitrogens with zero attached hydrogens (tertiary/aromatic N) is 2. The summed E-state index contributed by atoms with van der Waals surface area (Å²) in [6.07, 6.45) is 2.16. The molecule has 1 aliphatic heterocycles. The molecular formula is C30H29Cl2FN2O4. The van der Waals surface area contributed by atoms with Gasteiger partial charge >= 0.3 is 0 Å². The largest absolute Gasteiger partial charge is 0.483 e. The molecule has 1 aromatic heterocycles. The van der Waals surface area contributed by atoms with Crippen LogP contribution in [-0.2, 0) is 18.6 Å². The van der Waals surface area contributed by atoms with Crippen molar-refractivity contribution >= 4 is 34.9 Å². The molecule has 1 spiro atoms. The second-order valence-electron chi connectivity index (χ2n) is 10.5. The summed E-state index contributed by atoms with van der Waals surface area (Å²) in [6.45, 7) is 4.33. The summed E-state index contributed by atoms with van der Waals surface area (Å²) >= 11 is 12.2. The van der Waals surface area contributed by atoms with Gasteiger partial charge in [0.1, 0.15) is 12.4 Å². The Labute approximate surface area is 236 Å². The van der Waals surface area contributed by atoms with Gasteiger partial charge in [-0.3, -0.25) is 14.4 Å². The number of halogens is 3. The zero-order valence-corrected chi connectivity index (χ0v) is 23.3. The molecule has 1 saturated carbocycles. The lowest BCUT2D eigenvalue weighted by molar-refractivity contribution is 0.0562. The van der Waals surface area contributed by atoms with Crippen molar-refractivity contribution in [1.82, 2.24) is 9.47 Å². The Bertz CT molecular complexity index is 1490. The number of hydrogen-bond acceptors (Lipinski definition) is 4. The van der Waals surface area contributed by atoms with Crippen molar-refractivity contribution in [3.05, 3.63) is 98.2 Å². The van der Waals surface area contributed by atoms with E-state index in [-0.39, 0.29) is 64.9 Å². The average Bonchev–Trinajstić information content (AvgIpc) is 3.64. The summed E-state index contributed by atoms with van der Waals surface area (Å²) in [6, 6.07) is 13.8. The fraction of sp³-hybridized carbons (Fsp3) is 0.367. The first kappa shape index (κ1) is 27.4. The SMILES string of the molecule is CC(C)N1C[C@]2(C[C@H]2CCl)n2cc(C(=O)CCc3cccc(Cl)c3F)c(=O)c(OCc3ccccc3)c2C1=O. The first-order valence-electron chi connectivity index (χ1n) is 13.0. The molecule has 1 aliphatic carbocycles. The Kier molecular flexibility index (Phi) is 7.57. The normalized spacial score (nSPS) is 19.9. The van der Waals surface area contributed by atoms with Gasteiger partial charge in [0.2, 0.25) is 5.43 Å². The molecule has 204 valence electrons. The highest BCUT2D eigenvalue weighted by Gasteiger charge is 2.60. The molecule has 6 nitrogen and oxygen atoms in total. The molecule has 39 heavy (non-hydrogen) atoms. The average molecular weight is 571 g/mol. The molecule has 0 bridgehead atoms. The van der Waals surface area contributed by atoms with E-state index in [2.05, 4.69) is 0 Å². The summed E-state index contributed by atoms with van der Waals surface area (Å²) in [4.78, 5) is 42.7. The maximum absolute atomic E-state index is 14.4. The Morgan fingerprint density at radius 3 is 2.56 bits per heavy atom. The topological polar surface area (TPSA) is 68.6 Å². The second-order valence-corrected chi connectivity index (χ2v) is 11.2. The molecular weight excluding hydrogens is 542 g/mol. The monoisotopic (exact) mass is 570 g/mol. The van der Waals surface area contributed by atoms with E-state index in [4.69, 9.17) is 27.9 Å². The molecule has 5 rings (SSSR count). The molecule has 0 saturated heterocycles. The highest BCUT2D eigenvalue weighted by molar-refractivity contribution is 6.30. The fourth-order valence-electron chi connectivity index (χ4n) is 5.38. The molecule has 1 amide bonds. The second kappa shape index (κ2) is 10.8. The maximum atomic E-state index is 14.4. The quantitative estimate of drug-likeness (QED) is 0.239. The number of amides is 1. The summed E-state index contributed by atoms with van der Waals surface area (Å²) in [7, 11) is 0. The molecule has 3 aromatic rings. The Morgan fingerprint density at radius 1 is 1.15 bits per heavy atom. The third-order valence-electron chi connectivity index (χ3n) is 7.74. The number of aromatic nitrogens is 1. The molecule has 2 aromatic carbocycles. The lowest BCUT2D eigenvalue weighted by Crippen LogP contribution is -2.52.